The molecule has 5 nitrogen and oxygen atoms in total. The average Bonchev–Trinajstić information content (AvgIpc) is 2.99. The number of rotatable bonds is 6. The zero-order valence-corrected chi connectivity index (χ0v) is 14.4. The van der Waals surface area contributed by atoms with Gasteiger partial charge in [0.05, 0.1) is 5.54 Å². The minimum absolute atomic E-state index is 0. The van der Waals surface area contributed by atoms with Gasteiger partial charge in [0.2, 0.25) is 0 Å². The number of para-hydroxylation sites is 1. The fourth-order valence-corrected chi connectivity index (χ4v) is 2.68. The van der Waals surface area contributed by atoms with Gasteiger partial charge in [0.15, 0.2) is 12.4 Å². The summed E-state index contributed by atoms with van der Waals surface area (Å²) in [7, 11) is 0. The van der Waals surface area contributed by atoms with Crippen molar-refractivity contribution in [3.63, 3.8) is 0 Å². The Balaban J connectivity index is 0.00000192. The standard InChI is InChI=1S/C17H23N3O2.ClH/c1-3-12(2)13-7-4-5-8-14(13)21-11-15-19-16(20-22-15)17(18)9-6-10-17;/h4-5,7-8,12H,3,6,9-11,18H2,1-2H3;1H. The maximum Gasteiger partial charge on any atom is 0.264 e. The number of halogens is 1. The summed E-state index contributed by atoms with van der Waals surface area (Å²) in [6.07, 6.45) is 4.04. The molecule has 0 amide bonds. The summed E-state index contributed by atoms with van der Waals surface area (Å²) in [6.45, 7) is 4.64. The van der Waals surface area contributed by atoms with E-state index in [-0.39, 0.29) is 19.0 Å². The van der Waals surface area contributed by atoms with Crippen molar-refractivity contribution in [1.29, 1.82) is 0 Å². The van der Waals surface area contributed by atoms with E-state index in [0.717, 1.165) is 31.4 Å². The lowest BCUT2D eigenvalue weighted by Gasteiger charge is -2.34. The molecule has 1 atom stereocenters. The second-order valence-electron chi connectivity index (χ2n) is 6.16. The molecule has 1 unspecified atom stereocenters. The van der Waals surface area contributed by atoms with Crippen LogP contribution in [0, 0.1) is 0 Å². The molecule has 3 rings (SSSR count). The Hall–Kier alpha value is -1.59. The fourth-order valence-electron chi connectivity index (χ4n) is 2.68. The highest BCUT2D eigenvalue weighted by atomic mass is 35.5. The lowest BCUT2D eigenvalue weighted by atomic mass is 9.77. The Labute approximate surface area is 143 Å². The Morgan fingerprint density at radius 1 is 1.35 bits per heavy atom. The number of hydrogen-bond donors (Lipinski definition) is 1. The van der Waals surface area contributed by atoms with Gasteiger partial charge in [-0.25, -0.2) is 0 Å². The van der Waals surface area contributed by atoms with Crippen molar-refractivity contribution < 1.29 is 9.26 Å². The Bertz CT molecular complexity index is 640. The van der Waals surface area contributed by atoms with E-state index in [1.807, 2.05) is 18.2 Å². The molecule has 1 aromatic heterocycles. The van der Waals surface area contributed by atoms with E-state index in [0.29, 0.717) is 17.6 Å². The van der Waals surface area contributed by atoms with Crippen molar-refractivity contribution in [1.82, 2.24) is 10.1 Å². The molecule has 1 fully saturated rings. The van der Waals surface area contributed by atoms with Gasteiger partial charge in [-0.05, 0) is 43.2 Å². The van der Waals surface area contributed by atoms with Crippen LogP contribution in [0.25, 0.3) is 0 Å². The van der Waals surface area contributed by atoms with Crippen molar-refractivity contribution in [2.45, 2.75) is 57.6 Å². The molecule has 1 aromatic carbocycles. The van der Waals surface area contributed by atoms with Gasteiger partial charge < -0.3 is 15.0 Å². The van der Waals surface area contributed by atoms with Crippen LogP contribution in [0.4, 0.5) is 0 Å². The summed E-state index contributed by atoms with van der Waals surface area (Å²) in [5, 5.41) is 4.00. The maximum atomic E-state index is 6.20. The zero-order valence-electron chi connectivity index (χ0n) is 13.6. The number of ether oxygens (including phenoxy) is 1. The quantitative estimate of drug-likeness (QED) is 0.864. The monoisotopic (exact) mass is 337 g/mol. The van der Waals surface area contributed by atoms with E-state index in [1.165, 1.54) is 5.56 Å². The maximum absolute atomic E-state index is 6.20. The molecule has 0 spiro atoms. The number of benzene rings is 1. The summed E-state index contributed by atoms with van der Waals surface area (Å²) >= 11 is 0. The summed E-state index contributed by atoms with van der Waals surface area (Å²) in [4.78, 5) is 4.39. The molecule has 0 radical (unpaired) electrons. The number of nitrogens with zero attached hydrogens (tertiary/aromatic N) is 2. The Morgan fingerprint density at radius 2 is 2.09 bits per heavy atom. The lowest BCUT2D eigenvalue weighted by Crippen LogP contribution is -2.44. The molecule has 126 valence electrons. The second kappa shape index (κ2) is 7.32. The van der Waals surface area contributed by atoms with Crippen molar-refractivity contribution in [3.8, 4) is 5.75 Å². The van der Waals surface area contributed by atoms with Crippen molar-refractivity contribution >= 4 is 12.4 Å². The van der Waals surface area contributed by atoms with Gasteiger partial charge in [-0.3, -0.25) is 0 Å². The normalized spacial score (nSPS) is 17.0. The van der Waals surface area contributed by atoms with Crippen LogP contribution >= 0.6 is 12.4 Å². The van der Waals surface area contributed by atoms with Crippen molar-refractivity contribution in [2.24, 2.45) is 5.73 Å². The van der Waals surface area contributed by atoms with E-state index >= 15 is 0 Å². The van der Waals surface area contributed by atoms with E-state index in [2.05, 4.69) is 30.1 Å². The highest BCUT2D eigenvalue weighted by Crippen LogP contribution is 2.37. The summed E-state index contributed by atoms with van der Waals surface area (Å²) in [6, 6.07) is 8.10. The van der Waals surface area contributed by atoms with Crippen LogP contribution in [0.1, 0.15) is 62.7 Å². The van der Waals surface area contributed by atoms with Crippen LogP contribution in [-0.4, -0.2) is 10.1 Å². The Morgan fingerprint density at radius 3 is 2.74 bits per heavy atom. The van der Waals surface area contributed by atoms with Crippen LogP contribution < -0.4 is 10.5 Å². The fraction of sp³-hybridized carbons (Fsp3) is 0.529. The van der Waals surface area contributed by atoms with Gasteiger partial charge in [0.1, 0.15) is 5.75 Å². The third-order valence-electron chi connectivity index (χ3n) is 4.57. The molecule has 0 saturated heterocycles. The van der Waals surface area contributed by atoms with E-state index < -0.39 is 5.54 Å². The lowest BCUT2D eigenvalue weighted by molar-refractivity contribution is 0.222. The number of hydrogen-bond acceptors (Lipinski definition) is 5. The van der Waals surface area contributed by atoms with Gasteiger partial charge in [-0.15, -0.1) is 12.4 Å². The molecule has 2 aromatic rings. The molecule has 23 heavy (non-hydrogen) atoms. The second-order valence-corrected chi connectivity index (χ2v) is 6.16. The first kappa shape index (κ1) is 17.8. The topological polar surface area (TPSA) is 74.2 Å². The molecule has 1 heterocycles. The molecule has 0 bridgehead atoms. The molecule has 1 saturated carbocycles. The van der Waals surface area contributed by atoms with E-state index in [1.54, 1.807) is 0 Å². The van der Waals surface area contributed by atoms with Gasteiger partial charge in [0.25, 0.3) is 5.89 Å². The molecule has 0 aliphatic heterocycles. The van der Waals surface area contributed by atoms with E-state index in [4.69, 9.17) is 15.0 Å². The highest BCUT2D eigenvalue weighted by molar-refractivity contribution is 5.85. The minimum Gasteiger partial charge on any atom is -0.483 e. The third-order valence-corrected chi connectivity index (χ3v) is 4.57. The molecule has 1 aliphatic rings. The summed E-state index contributed by atoms with van der Waals surface area (Å²) in [5.74, 6) is 2.41. The summed E-state index contributed by atoms with van der Waals surface area (Å²) < 4.78 is 11.2. The summed E-state index contributed by atoms with van der Waals surface area (Å²) in [5.41, 5.74) is 7.02. The average molecular weight is 338 g/mol. The van der Waals surface area contributed by atoms with Crippen molar-refractivity contribution in [3.05, 3.63) is 41.5 Å². The van der Waals surface area contributed by atoms with Gasteiger partial charge in [-0.2, -0.15) is 4.98 Å². The van der Waals surface area contributed by atoms with Crippen LogP contribution in [0.2, 0.25) is 0 Å². The van der Waals surface area contributed by atoms with Gasteiger partial charge >= 0.3 is 0 Å². The van der Waals surface area contributed by atoms with Crippen LogP contribution in [0.3, 0.4) is 0 Å². The predicted molar refractivity (Wildman–Crippen MR) is 90.7 cm³/mol. The number of nitrogens with two attached hydrogens (primary N) is 1. The van der Waals surface area contributed by atoms with Crippen LogP contribution in [0.5, 0.6) is 5.75 Å². The Kier molecular flexibility index (Phi) is 5.65. The molecular weight excluding hydrogens is 314 g/mol. The minimum atomic E-state index is -0.392. The third kappa shape index (κ3) is 3.67. The first-order valence-corrected chi connectivity index (χ1v) is 7.96. The van der Waals surface area contributed by atoms with Gasteiger partial charge in [-0.1, -0.05) is 37.2 Å². The molecule has 1 aliphatic carbocycles. The smallest absolute Gasteiger partial charge is 0.264 e. The largest absolute Gasteiger partial charge is 0.483 e. The first-order chi connectivity index (χ1) is 10.6. The van der Waals surface area contributed by atoms with Crippen LogP contribution in [0.15, 0.2) is 28.8 Å². The van der Waals surface area contributed by atoms with Gasteiger partial charge in [0, 0.05) is 0 Å². The highest BCUT2D eigenvalue weighted by Gasteiger charge is 2.39. The number of aromatic nitrogens is 2. The van der Waals surface area contributed by atoms with Crippen LogP contribution in [-0.2, 0) is 12.1 Å². The SMILES string of the molecule is CCC(C)c1ccccc1OCc1nc(C2(N)CCC2)no1.Cl. The molecule has 6 heteroatoms. The van der Waals surface area contributed by atoms with E-state index in [9.17, 15) is 0 Å². The molecule has 2 N–H and O–H groups in total. The molecular formula is C17H24ClN3O2. The predicted octanol–water partition coefficient (Wildman–Crippen LogP) is 3.92. The zero-order chi connectivity index (χ0) is 15.6. The first-order valence-electron chi connectivity index (χ1n) is 7.96. The van der Waals surface area contributed by atoms with Crippen molar-refractivity contribution in [2.75, 3.05) is 0 Å².